The van der Waals surface area contributed by atoms with Gasteiger partial charge in [-0.3, -0.25) is 14.4 Å². The van der Waals surface area contributed by atoms with Crippen LogP contribution in [-0.2, 0) is 38.1 Å². The van der Waals surface area contributed by atoms with Crippen LogP contribution < -0.4 is 0 Å². The van der Waals surface area contributed by atoms with Crippen molar-refractivity contribution in [3.63, 3.8) is 0 Å². The van der Waals surface area contributed by atoms with Gasteiger partial charge in [-0.2, -0.15) is 0 Å². The molecule has 0 radical (unpaired) electrons. The van der Waals surface area contributed by atoms with E-state index in [-0.39, 0.29) is 0 Å². The number of esters is 3. The van der Waals surface area contributed by atoms with Crippen LogP contribution in [0, 0.1) is 0 Å². The van der Waals surface area contributed by atoms with Gasteiger partial charge in [0.1, 0.15) is 0 Å². The number of rotatable bonds is 4. The number of carbonyl (C=O) groups is 3. The van der Waals surface area contributed by atoms with E-state index in [0.717, 1.165) is 0 Å². The smallest absolute Gasteiger partial charge is 0.303 e. The summed E-state index contributed by atoms with van der Waals surface area (Å²) in [4.78, 5) is 33.7. The first-order valence-corrected chi connectivity index (χ1v) is 6.46. The van der Waals surface area contributed by atoms with Crippen LogP contribution >= 0.6 is 0 Å². The molecule has 0 saturated carbocycles. The summed E-state index contributed by atoms with van der Waals surface area (Å²) >= 11 is 0. The van der Waals surface area contributed by atoms with Crippen molar-refractivity contribution in [3.8, 4) is 0 Å². The van der Waals surface area contributed by atoms with Crippen molar-refractivity contribution in [2.75, 3.05) is 7.11 Å². The largest absolute Gasteiger partial charge is 0.456 e. The Morgan fingerprint density at radius 3 is 1.67 bits per heavy atom. The SMILES string of the molecule is CO[C@H]1O[C@@H](C)[C@H](OC(C)=O)[C@@H](OC(C)=O)[C@H]1OC(C)=O. The average molecular weight is 304 g/mol. The first-order chi connectivity index (χ1) is 9.76. The Balaban J connectivity index is 3.08. The number of hydrogen-bond acceptors (Lipinski definition) is 8. The summed E-state index contributed by atoms with van der Waals surface area (Å²) in [5, 5.41) is 0. The predicted octanol–water partition coefficient (Wildman–Crippen LogP) is 0.173. The third-order valence-electron chi connectivity index (χ3n) is 2.87. The molecule has 5 atom stereocenters. The summed E-state index contributed by atoms with van der Waals surface area (Å²) in [7, 11) is 1.37. The first-order valence-electron chi connectivity index (χ1n) is 6.46. The summed E-state index contributed by atoms with van der Waals surface area (Å²) in [6.07, 6.45) is -4.47. The second kappa shape index (κ2) is 7.37. The molecule has 1 rings (SSSR count). The minimum absolute atomic E-state index is 0.565. The molecule has 1 aliphatic heterocycles. The van der Waals surface area contributed by atoms with Crippen LogP contribution in [0.15, 0.2) is 0 Å². The molecule has 21 heavy (non-hydrogen) atoms. The molecule has 0 aromatic carbocycles. The van der Waals surface area contributed by atoms with Crippen LogP contribution in [-0.4, -0.2) is 55.7 Å². The van der Waals surface area contributed by atoms with E-state index in [1.807, 2.05) is 0 Å². The molecule has 1 fully saturated rings. The molecule has 0 aromatic rings. The van der Waals surface area contributed by atoms with E-state index in [1.165, 1.54) is 27.9 Å². The highest BCUT2D eigenvalue weighted by Gasteiger charge is 2.50. The van der Waals surface area contributed by atoms with E-state index in [0.29, 0.717) is 0 Å². The van der Waals surface area contributed by atoms with E-state index in [1.54, 1.807) is 6.92 Å². The Bertz CT molecular complexity index is 407. The molecule has 0 aromatic heterocycles. The molecule has 120 valence electrons. The van der Waals surface area contributed by atoms with Crippen molar-refractivity contribution < 1.29 is 38.1 Å². The zero-order valence-electron chi connectivity index (χ0n) is 12.7. The third kappa shape index (κ3) is 4.68. The third-order valence-corrected chi connectivity index (χ3v) is 2.87. The van der Waals surface area contributed by atoms with Crippen molar-refractivity contribution >= 4 is 17.9 Å². The topological polar surface area (TPSA) is 97.4 Å². The van der Waals surface area contributed by atoms with Crippen molar-refractivity contribution in [1.82, 2.24) is 0 Å². The van der Waals surface area contributed by atoms with Crippen LogP contribution in [0.3, 0.4) is 0 Å². The van der Waals surface area contributed by atoms with Gasteiger partial charge in [-0.25, -0.2) is 0 Å². The van der Waals surface area contributed by atoms with Gasteiger partial charge in [-0.05, 0) is 6.92 Å². The molecule has 0 unspecified atom stereocenters. The minimum atomic E-state index is -1.03. The van der Waals surface area contributed by atoms with Gasteiger partial charge in [0, 0.05) is 27.9 Å². The second-order valence-corrected chi connectivity index (χ2v) is 4.67. The van der Waals surface area contributed by atoms with Crippen LogP contribution in [0.1, 0.15) is 27.7 Å². The lowest BCUT2D eigenvalue weighted by Crippen LogP contribution is -2.60. The van der Waals surface area contributed by atoms with Crippen molar-refractivity contribution in [1.29, 1.82) is 0 Å². The van der Waals surface area contributed by atoms with Crippen LogP contribution in [0.4, 0.5) is 0 Å². The molecule has 0 spiro atoms. The zero-order chi connectivity index (χ0) is 16.2. The maximum Gasteiger partial charge on any atom is 0.303 e. The molecule has 0 bridgehead atoms. The minimum Gasteiger partial charge on any atom is -0.456 e. The van der Waals surface area contributed by atoms with Crippen molar-refractivity contribution in [3.05, 3.63) is 0 Å². The van der Waals surface area contributed by atoms with Gasteiger partial charge >= 0.3 is 17.9 Å². The molecular formula is C13H20O8. The molecule has 1 heterocycles. The number of ether oxygens (including phenoxy) is 5. The number of methoxy groups -OCH3 is 1. The number of carbonyl (C=O) groups excluding carboxylic acids is 3. The summed E-state index contributed by atoms with van der Waals surface area (Å²) in [6.45, 7) is 5.27. The quantitative estimate of drug-likeness (QED) is 0.535. The lowest BCUT2D eigenvalue weighted by atomic mass is 9.99. The maximum absolute atomic E-state index is 11.3. The highest BCUT2D eigenvalue weighted by atomic mass is 16.7. The van der Waals surface area contributed by atoms with E-state index in [2.05, 4.69) is 0 Å². The molecule has 0 N–H and O–H groups in total. The Morgan fingerprint density at radius 2 is 1.24 bits per heavy atom. The molecule has 0 aliphatic carbocycles. The average Bonchev–Trinajstić information content (AvgIpc) is 2.35. The van der Waals surface area contributed by atoms with Crippen molar-refractivity contribution in [2.45, 2.75) is 58.4 Å². The Kier molecular flexibility index (Phi) is 6.10. The van der Waals surface area contributed by atoms with Gasteiger partial charge in [0.2, 0.25) is 0 Å². The Labute approximate surface area is 122 Å². The number of hydrogen-bond donors (Lipinski definition) is 0. The summed E-state index contributed by atoms with van der Waals surface area (Å²) in [5.74, 6) is -1.76. The monoisotopic (exact) mass is 304 g/mol. The molecule has 8 nitrogen and oxygen atoms in total. The lowest BCUT2D eigenvalue weighted by molar-refractivity contribution is -0.294. The summed E-state index contributed by atoms with van der Waals surface area (Å²) in [5.41, 5.74) is 0. The molecule has 0 amide bonds. The van der Waals surface area contributed by atoms with Crippen molar-refractivity contribution in [2.24, 2.45) is 0 Å². The predicted molar refractivity (Wildman–Crippen MR) is 68.0 cm³/mol. The van der Waals surface area contributed by atoms with Gasteiger partial charge in [0.05, 0.1) is 6.10 Å². The molecule has 1 aliphatic rings. The summed E-state index contributed by atoms with van der Waals surface area (Å²) < 4.78 is 26.0. The van der Waals surface area contributed by atoms with E-state index in [4.69, 9.17) is 23.7 Å². The van der Waals surface area contributed by atoms with Gasteiger partial charge in [-0.1, -0.05) is 0 Å². The Hall–Kier alpha value is -1.67. The highest BCUT2D eigenvalue weighted by Crippen LogP contribution is 2.28. The van der Waals surface area contributed by atoms with E-state index < -0.39 is 48.6 Å². The molecule has 1 saturated heterocycles. The highest BCUT2D eigenvalue weighted by molar-refractivity contribution is 5.68. The fraction of sp³-hybridized carbons (Fsp3) is 0.769. The normalized spacial score (nSPS) is 32.1. The zero-order valence-corrected chi connectivity index (χ0v) is 12.7. The fourth-order valence-corrected chi connectivity index (χ4v) is 2.16. The van der Waals surface area contributed by atoms with E-state index in [9.17, 15) is 14.4 Å². The van der Waals surface area contributed by atoms with Gasteiger partial charge < -0.3 is 23.7 Å². The van der Waals surface area contributed by atoms with Crippen LogP contribution in [0.5, 0.6) is 0 Å². The van der Waals surface area contributed by atoms with Gasteiger partial charge in [0.25, 0.3) is 0 Å². The first kappa shape index (κ1) is 17.4. The Morgan fingerprint density at radius 1 is 0.810 bits per heavy atom. The fourth-order valence-electron chi connectivity index (χ4n) is 2.16. The van der Waals surface area contributed by atoms with E-state index >= 15 is 0 Å². The van der Waals surface area contributed by atoms with Gasteiger partial charge in [-0.15, -0.1) is 0 Å². The molecular weight excluding hydrogens is 284 g/mol. The maximum atomic E-state index is 11.3. The lowest BCUT2D eigenvalue weighted by Gasteiger charge is -2.42. The standard InChI is InChI=1S/C13H20O8/c1-6-10(19-7(2)14)11(20-8(3)15)12(21-9(4)16)13(17-5)18-6/h6,10-13H,1-5H3/t6-,10-,11+,12+,13-/m0/s1. The molecule has 8 heteroatoms. The van der Waals surface area contributed by atoms with Gasteiger partial charge in [0.15, 0.2) is 24.6 Å². The second-order valence-electron chi connectivity index (χ2n) is 4.67. The van der Waals surface area contributed by atoms with Crippen LogP contribution in [0.25, 0.3) is 0 Å². The van der Waals surface area contributed by atoms with Crippen LogP contribution in [0.2, 0.25) is 0 Å². The summed E-state index contributed by atoms with van der Waals surface area (Å²) in [6, 6.07) is 0.